The predicted molar refractivity (Wildman–Crippen MR) is 184 cm³/mol. The Morgan fingerprint density at radius 1 is 0.630 bits per heavy atom. The highest BCUT2D eigenvalue weighted by Crippen LogP contribution is 2.25. The van der Waals surface area contributed by atoms with E-state index in [1.54, 1.807) is 30.3 Å². The molecule has 0 spiro atoms. The third kappa shape index (κ3) is 11.5. The van der Waals surface area contributed by atoms with E-state index in [1.165, 1.54) is 6.08 Å². The Kier molecular flexibility index (Phi) is 13.3. The number of esters is 2. The van der Waals surface area contributed by atoms with E-state index in [-0.39, 0.29) is 0 Å². The normalized spacial score (nSPS) is 11.1. The third-order valence-electron chi connectivity index (χ3n) is 7.31. The molecule has 0 aromatic heterocycles. The molecule has 0 atom stereocenters. The molecule has 0 aliphatic heterocycles. The molecule has 0 radical (unpaired) electrons. The van der Waals surface area contributed by atoms with Gasteiger partial charge in [-0.2, -0.15) is 0 Å². The van der Waals surface area contributed by atoms with E-state index in [0.717, 1.165) is 79.2 Å². The van der Waals surface area contributed by atoms with Crippen molar-refractivity contribution in [2.75, 3.05) is 31.3 Å². The fraction of sp³-hybridized carbons (Fsp3) is 0.316. The summed E-state index contributed by atoms with van der Waals surface area (Å²) in [4.78, 5) is 24.5. The number of carbonyl (C=O) groups excluding carboxylic acids is 2. The number of carbonyl (C=O) groups is 2. The molecule has 4 aromatic rings. The summed E-state index contributed by atoms with van der Waals surface area (Å²) in [5.74, 6) is 1.26. The van der Waals surface area contributed by atoms with Crippen molar-refractivity contribution in [3.63, 3.8) is 0 Å². The summed E-state index contributed by atoms with van der Waals surface area (Å²) < 4.78 is 22.5. The number of hydrogen-bond acceptors (Lipinski definition) is 8. The Hall–Kier alpha value is -4.98. The lowest BCUT2D eigenvalue weighted by Crippen LogP contribution is -2.08. The van der Waals surface area contributed by atoms with Crippen molar-refractivity contribution in [3.05, 3.63) is 96.1 Å². The molecule has 0 aliphatic rings. The van der Waals surface area contributed by atoms with Crippen molar-refractivity contribution in [2.45, 2.75) is 58.3 Å². The molecule has 0 saturated carbocycles. The minimum Gasteiger partial charge on any atom is -0.494 e. The Balaban J connectivity index is 1.09. The van der Waals surface area contributed by atoms with Crippen LogP contribution in [-0.2, 0) is 9.53 Å². The SMILES string of the molecule is CCCCCOc1ccc2cc(OC(=O)/C=C/c3ccc(OCCCCCCCOC(=O)c4cc(N)cc(N)c4)cc3)ccc2c1. The summed E-state index contributed by atoms with van der Waals surface area (Å²) in [7, 11) is 0. The van der Waals surface area contributed by atoms with Crippen LogP contribution in [0.25, 0.3) is 16.8 Å². The molecule has 0 fully saturated rings. The number of nitrogens with two attached hydrogens (primary N) is 2. The summed E-state index contributed by atoms with van der Waals surface area (Å²) in [5.41, 5.74) is 13.6. The molecule has 0 heterocycles. The van der Waals surface area contributed by atoms with Crippen molar-refractivity contribution in [1.82, 2.24) is 0 Å². The molecule has 0 bridgehead atoms. The molecule has 0 amide bonds. The molecule has 4 aromatic carbocycles. The van der Waals surface area contributed by atoms with E-state index >= 15 is 0 Å². The van der Waals surface area contributed by atoms with Crippen LogP contribution in [-0.4, -0.2) is 31.8 Å². The highest BCUT2D eigenvalue weighted by molar-refractivity contribution is 5.92. The number of benzene rings is 4. The lowest BCUT2D eigenvalue weighted by atomic mass is 10.1. The minimum absolute atomic E-state index is 0.363. The second kappa shape index (κ2) is 18.1. The Morgan fingerprint density at radius 2 is 1.20 bits per heavy atom. The van der Waals surface area contributed by atoms with Gasteiger partial charge in [-0.3, -0.25) is 0 Å². The highest BCUT2D eigenvalue weighted by atomic mass is 16.5. The van der Waals surface area contributed by atoms with Crippen LogP contribution in [0.5, 0.6) is 17.2 Å². The van der Waals surface area contributed by atoms with Crippen LogP contribution in [0, 0.1) is 0 Å². The average Bonchev–Trinajstić information content (AvgIpc) is 3.05. The molecular weight excluding hydrogens is 580 g/mol. The van der Waals surface area contributed by atoms with E-state index < -0.39 is 11.9 Å². The molecule has 46 heavy (non-hydrogen) atoms. The summed E-state index contributed by atoms with van der Waals surface area (Å²) in [5, 5.41) is 2.01. The predicted octanol–water partition coefficient (Wildman–Crippen LogP) is 8.38. The first-order valence-corrected chi connectivity index (χ1v) is 16.0. The summed E-state index contributed by atoms with van der Waals surface area (Å²) in [6, 6.07) is 23.8. The van der Waals surface area contributed by atoms with Gasteiger partial charge in [-0.25, -0.2) is 9.59 Å². The quantitative estimate of drug-likeness (QED) is 0.0372. The van der Waals surface area contributed by atoms with Crippen LogP contribution in [0.15, 0.2) is 84.9 Å². The largest absolute Gasteiger partial charge is 0.494 e. The van der Waals surface area contributed by atoms with Gasteiger partial charge in [0.05, 0.1) is 25.4 Å². The lowest BCUT2D eigenvalue weighted by molar-refractivity contribution is -0.128. The van der Waals surface area contributed by atoms with E-state index in [9.17, 15) is 9.59 Å². The van der Waals surface area contributed by atoms with Gasteiger partial charge in [0.1, 0.15) is 17.2 Å². The molecular formula is C38H44N2O6. The maximum Gasteiger partial charge on any atom is 0.338 e. The number of ether oxygens (including phenoxy) is 4. The first-order chi connectivity index (χ1) is 22.4. The minimum atomic E-state index is -0.444. The van der Waals surface area contributed by atoms with Crippen LogP contribution < -0.4 is 25.7 Å². The van der Waals surface area contributed by atoms with Gasteiger partial charge in [0.15, 0.2) is 0 Å². The summed E-state index contributed by atoms with van der Waals surface area (Å²) in [6.07, 6.45) is 11.2. The first kappa shape index (κ1) is 33.9. The molecule has 4 N–H and O–H groups in total. The van der Waals surface area contributed by atoms with Gasteiger partial charge < -0.3 is 30.4 Å². The van der Waals surface area contributed by atoms with Crippen LogP contribution in [0.3, 0.4) is 0 Å². The number of anilines is 2. The number of unbranched alkanes of at least 4 members (excludes halogenated alkanes) is 6. The zero-order valence-electron chi connectivity index (χ0n) is 26.5. The third-order valence-corrected chi connectivity index (χ3v) is 7.31. The van der Waals surface area contributed by atoms with Gasteiger partial charge in [-0.15, -0.1) is 0 Å². The number of rotatable bonds is 18. The van der Waals surface area contributed by atoms with Crippen molar-refractivity contribution in [3.8, 4) is 17.2 Å². The van der Waals surface area contributed by atoms with Gasteiger partial charge in [0.2, 0.25) is 0 Å². The monoisotopic (exact) mass is 624 g/mol. The zero-order valence-corrected chi connectivity index (χ0v) is 26.5. The number of hydrogen-bond donors (Lipinski definition) is 2. The van der Waals surface area contributed by atoms with Crippen LogP contribution in [0.1, 0.15) is 74.2 Å². The van der Waals surface area contributed by atoms with Crippen molar-refractivity contribution in [1.29, 1.82) is 0 Å². The molecule has 8 heteroatoms. The van der Waals surface area contributed by atoms with Gasteiger partial charge in [0.25, 0.3) is 0 Å². The standard InChI is InChI=1S/C38H44N2O6/c1-2-3-7-20-44-35-17-13-30-26-36(18-14-29(30)25-35)46-37(41)19-12-28-10-15-34(16-11-28)43-21-8-5-4-6-9-22-45-38(42)31-23-32(39)27-33(40)24-31/h10-19,23-27H,2-9,20-22,39-40H2,1H3/b19-12+. The summed E-state index contributed by atoms with van der Waals surface area (Å²) in [6.45, 7) is 3.87. The fourth-order valence-electron chi connectivity index (χ4n) is 4.85. The van der Waals surface area contributed by atoms with Crippen LogP contribution >= 0.6 is 0 Å². The van der Waals surface area contributed by atoms with E-state index in [2.05, 4.69) is 6.92 Å². The second-order valence-electron chi connectivity index (χ2n) is 11.2. The van der Waals surface area contributed by atoms with Crippen LogP contribution in [0.4, 0.5) is 11.4 Å². The van der Waals surface area contributed by atoms with E-state index in [4.69, 9.17) is 30.4 Å². The van der Waals surface area contributed by atoms with Crippen molar-refractivity contribution >= 4 is 40.2 Å². The van der Waals surface area contributed by atoms with Gasteiger partial charge in [-0.05, 0) is 96.3 Å². The molecule has 0 saturated heterocycles. The first-order valence-electron chi connectivity index (χ1n) is 16.0. The Morgan fingerprint density at radius 3 is 1.89 bits per heavy atom. The van der Waals surface area contributed by atoms with Crippen molar-refractivity contribution in [2.24, 2.45) is 0 Å². The van der Waals surface area contributed by atoms with Gasteiger partial charge >= 0.3 is 11.9 Å². The maximum atomic E-state index is 12.4. The Bertz CT molecular complexity index is 1580. The van der Waals surface area contributed by atoms with Crippen LogP contribution in [0.2, 0.25) is 0 Å². The number of fused-ring (bicyclic) bond motifs is 1. The lowest BCUT2D eigenvalue weighted by Gasteiger charge is -2.08. The van der Waals surface area contributed by atoms with E-state index in [0.29, 0.717) is 42.5 Å². The Labute approximate surface area is 271 Å². The maximum absolute atomic E-state index is 12.4. The highest BCUT2D eigenvalue weighted by Gasteiger charge is 2.09. The van der Waals surface area contributed by atoms with E-state index in [1.807, 2.05) is 54.6 Å². The fourth-order valence-corrected chi connectivity index (χ4v) is 4.85. The summed E-state index contributed by atoms with van der Waals surface area (Å²) >= 11 is 0. The van der Waals surface area contributed by atoms with Crippen molar-refractivity contribution < 1.29 is 28.5 Å². The van der Waals surface area contributed by atoms with Gasteiger partial charge in [0, 0.05) is 17.5 Å². The smallest absolute Gasteiger partial charge is 0.338 e. The molecule has 8 nitrogen and oxygen atoms in total. The molecule has 4 rings (SSSR count). The van der Waals surface area contributed by atoms with Gasteiger partial charge in [-0.1, -0.05) is 63.3 Å². The topological polar surface area (TPSA) is 123 Å². The average molecular weight is 625 g/mol. The second-order valence-corrected chi connectivity index (χ2v) is 11.2. The molecule has 0 aliphatic carbocycles. The zero-order chi connectivity index (χ0) is 32.6. The number of nitrogen functional groups attached to an aromatic ring is 2. The molecule has 0 unspecified atom stereocenters. The molecule has 242 valence electrons.